The molecule has 0 radical (unpaired) electrons. The van der Waals surface area contributed by atoms with E-state index in [-0.39, 0.29) is 28.4 Å². The quantitative estimate of drug-likeness (QED) is 0.236. The van der Waals surface area contributed by atoms with Crippen LogP contribution in [0.4, 0.5) is 0 Å². The molecule has 2 saturated carbocycles. The van der Waals surface area contributed by atoms with Crippen LogP contribution in [0.25, 0.3) is 6.08 Å². The van der Waals surface area contributed by atoms with Crippen molar-refractivity contribution in [2.45, 2.75) is 109 Å². The third-order valence-electron chi connectivity index (χ3n) is 8.64. The Morgan fingerprint density at radius 2 is 1.22 bits per heavy atom. The smallest absolute Gasteiger partial charge is 0.344 e. The minimum absolute atomic E-state index is 0.00428. The van der Waals surface area contributed by atoms with Gasteiger partial charge in [-0.15, -0.1) is 0 Å². The van der Waals surface area contributed by atoms with Gasteiger partial charge in [-0.05, 0) is 72.1 Å². The molecule has 0 unspecified atom stereocenters. The largest absolute Gasteiger partial charge is 0.496 e. The van der Waals surface area contributed by atoms with E-state index in [1.807, 2.05) is 6.08 Å². The number of hydrogen-bond acceptors (Lipinski definition) is 5. The monoisotopic (exact) mass is 532 g/mol. The molecule has 208 valence electrons. The molecule has 0 heterocycles. The summed E-state index contributed by atoms with van der Waals surface area (Å²) in [7, 11) is 0.900. The second-order valence-electron chi connectivity index (χ2n) is 13.0. The highest BCUT2D eigenvalue weighted by Gasteiger charge is 2.64. The molecule has 0 amide bonds. The third kappa shape index (κ3) is 5.65. The highest BCUT2D eigenvalue weighted by molar-refractivity contribution is 7.57. The van der Waals surface area contributed by atoms with Gasteiger partial charge in [0.05, 0.1) is 7.11 Å². The number of carbonyl (C=O) groups excluding carboxylic acids is 1. The Morgan fingerprint density at radius 3 is 1.54 bits per heavy atom. The lowest BCUT2D eigenvalue weighted by atomic mass is 9.75. The number of allylic oxidation sites excluding steroid dienone is 1. The molecule has 0 N–H and O–H groups in total. The number of methoxy groups -OCH3 is 1. The molecule has 2 aliphatic rings. The van der Waals surface area contributed by atoms with E-state index in [1.54, 1.807) is 13.2 Å². The Kier molecular flexibility index (Phi) is 9.25. The molecule has 0 saturated heterocycles. The molecule has 0 aliphatic heterocycles. The van der Waals surface area contributed by atoms with E-state index in [1.165, 1.54) is 14.2 Å². The first kappa shape index (κ1) is 30.1. The summed E-state index contributed by atoms with van der Waals surface area (Å²) in [6, 6.07) is 4.24. The minimum atomic E-state index is -3.70. The molecule has 1 aromatic carbocycles. The summed E-state index contributed by atoms with van der Waals surface area (Å²) in [6.45, 7) is 13.1. The Bertz CT molecular complexity index is 972. The van der Waals surface area contributed by atoms with E-state index in [0.717, 1.165) is 73.8 Å². The van der Waals surface area contributed by atoms with Crippen molar-refractivity contribution in [3.05, 3.63) is 34.9 Å². The van der Waals surface area contributed by atoms with Crippen LogP contribution in [0.15, 0.2) is 18.2 Å². The van der Waals surface area contributed by atoms with Crippen molar-refractivity contribution in [1.82, 2.24) is 0 Å². The minimum Gasteiger partial charge on any atom is -0.496 e. The number of rotatable bonds is 9. The fourth-order valence-electron chi connectivity index (χ4n) is 6.81. The summed E-state index contributed by atoms with van der Waals surface area (Å²) in [5.41, 5.74) is 2.87. The zero-order valence-electron chi connectivity index (χ0n) is 24.6. The number of hydrogen-bond donors (Lipinski definition) is 0. The summed E-state index contributed by atoms with van der Waals surface area (Å²) in [5, 5.41) is -1.13. The second-order valence-corrected chi connectivity index (χ2v) is 15.5. The summed E-state index contributed by atoms with van der Waals surface area (Å²) in [4.78, 5) is 14.4. The van der Waals surface area contributed by atoms with E-state index in [9.17, 15) is 9.36 Å². The molecule has 37 heavy (non-hydrogen) atoms. The Balaban J connectivity index is 2.18. The van der Waals surface area contributed by atoms with Gasteiger partial charge in [0.1, 0.15) is 10.9 Å². The van der Waals surface area contributed by atoms with Crippen molar-refractivity contribution in [2.24, 2.45) is 11.8 Å². The molecular formula is C31H49O5P. The Labute approximate surface area is 225 Å². The highest BCUT2D eigenvalue weighted by atomic mass is 31.2. The van der Waals surface area contributed by atoms with Gasteiger partial charge in [-0.25, -0.2) is 0 Å². The van der Waals surface area contributed by atoms with Gasteiger partial charge in [0.2, 0.25) is 0 Å². The molecule has 0 spiro atoms. The normalized spacial score (nSPS) is 18.7. The molecule has 3 rings (SSSR count). The van der Waals surface area contributed by atoms with E-state index >= 15 is 0 Å². The Hall–Kier alpha value is -1.42. The number of benzene rings is 1. The number of carbonyl (C=O) groups is 1. The van der Waals surface area contributed by atoms with Gasteiger partial charge < -0.3 is 13.8 Å². The first-order chi connectivity index (χ1) is 17.3. The zero-order chi connectivity index (χ0) is 27.6. The average molecular weight is 533 g/mol. The molecule has 1 aromatic rings. The molecule has 6 heteroatoms. The average Bonchev–Trinajstić information content (AvgIpc) is 3.56. The highest BCUT2D eigenvalue weighted by Crippen LogP contribution is 2.69. The SMILES string of the molecule is COc1c(C(C)(C)C)cc(/C=C/C(=O)C(C2CCCC2)(C2CCCC2)P(=O)(OC)OC)cc1C(C)(C)C. The van der Waals surface area contributed by atoms with Crippen molar-refractivity contribution in [3.8, 4) is 5.75 Å². The molecule has 5 nitrogen and oxygen atoms in total. The first-order valence-corrected chi connectivity index (χ1v) is 15.5. The molecular weight excluding hydrogens is 483 g/mol. The van der Waals surface area contributed by atoms with Crippen molar-refractivity contribution < 1.29 is 23.1 Å². The van der Waals surface area contributed by atoms with Crippen molar-refractivity contribution in [2.75, 3.05) is 21.3 Å². The maximum atomic E-state index is 14.4. The van der Waals surface area contributed by atoms with Crippen LogP contribution in [0.5, 0.6) is 5.75 Å². The van der Waals surface area contributed by atoms with Gasteiger partial charge in [-0.3, -0.25) is 9.36 Å². The summed E-state index contributed by atoms with van der Waals surface area (Å²) in [6.07, 6.45) is 11.3. The first-order valence-electron chi connectivity index (χ1n) is 13.9. The summed E-state index contributed by atoms with van der Waals surface area (Å²) in [5.74, 6) is 0.802. The van der Waals surface area contributed by atoms with Crippen LogP contribution in [0.2, 0.25) is 0 Å². The van der Waals surface area contributed by atoms with Gasteiger partial charge in [0.15, 0.2) is 5.78 Å². The molecule has 0 atom stereocenters. The van der Waals surface area contributed by atoms with E-state index in [4.69, 9.17) is 13.8 Å². The van der Waals surface area contributed by atoms with Crippen molar-refractivity contribution in [3.63, 3.8) is 0 Å². The fraction of sp³-hybridized carbons (Fsp3) is 0.710. The van der Waals surface area contributed by atoms with Crippen molar-refractivity contribution in [1.29, 1.82) is 0 Å². The van der Waals surface area contributed by atoms with E-state index < -0.39 is 12.8 Å². The Morgan fingerprint density at radius 1 is 0.811 bits per heavy atom. The van der Waals surface area contributed by atoms with Gasteiger partial charge in [0, 0.05) is 25.3 Å². The van der Waals surface area contributed by atoms with Crippen LogP contribution in [0.3, 0.4) is 0 Å². The lowest BCUT2D eigenvalue weighted by molar-refractivity contribution is -0.120. The lowest BCUT2D eigenvalue weighted by Gasteiger charge is -2.44. The van der Waals surface area contributed by atoms with Gasteiger partial charge in [-0.1, -0.05) is 73.3 Å². The predicted molar refractivity (Wildman–Crippen MR) is 153 cm³/mol. The van der Waals surface area contributed by atoms with Gasteiger partial charge in [-0.2, -0.15) is 0 Å². The lowest BCUT2D eigenvalue weighted by Crippen LogP contribution is -2.50. The number of ether oxygens (including phenoxy) is 1. The molecule has 2 aliphatic carbocycles. The molecule has 0 aromatic heterocycles. The van der Waals surface area contributed by atoms with Crippen LogP contribution in [0.1, 0.15) is 110 Å². The van der Waals surface area contributed by atoms with Crippen LogP contribution in [-0.2, 0) is 29.2 Å². The molecule has 0 bridgehead atoms. The maximum Gasteiger partial charge on any atom is 0.344 e. The van der Waals surface area contributed by atoms with Crippen LogP contribution < -0.4 is 4.74 Å². The molecule has 2 fully saturated rings. The van der Waals surface area contributed by atoms with Crippen molar-refractivity contribution >= 4 is 19.5 Å². The van der Waals surface area contributed by atoms with E-state index in [2.05, 4.69) is 53.7 Å². The van der Waals surface area contributed by atoms with Gasteiger partial charge in [0.25, 0.3) is 0 Å². The third-order valence-corrected chi connectivity index (χ3v) is 11.5. The predicted octanol–water partition coefficient (Wildman–Crippen LogP) is 8.48. The summed E-state index contributed by atoms with van der Waals surface area (Å²) >= 11 is 0. The number of ketones is 1. The van der Waals surface area contributed by atoms with Gasteiger partial charge >= 0.3 is 7.60 Å². The summed E-state index contributed by atoms with van der Waals surface area (Å²) < 4.78 is 31.6. The van der Waals surface area contributed by atoms with Crippen LogP contribution in [-0.4, -0.2) is 32.3 Å². The zero-order valence-corrected chi connectivity index (χ0v) is 25.5. The maximum absolute atomic E-state index is 14.4. The fourth-order valence-corrected chi connectivity index (χ4v) is 9.32. The standard InChI is InChI=1S/C31H49O5P/c1-29(2,3)25-20-22(21-26(28(25)34-7)30(4,5)6)18-19-27(32)31(23-14-10-11-15-23,24-16-12-13-17-24)37(33,35-8)36-9/h18-21,23-24H,10-17H2,1-9H3/b19-18+. The van der Waals surface area contributed by atoms with Crippen LogP contribution >= 0.6 is 7.60 Å². The topological polar surface area (TPSA) is 61.8 Å². The van der Waals surface area contributed by atoms with Crippen LogP contribution in [0, 0.1) is 11.8 Å². The van der Waals surface area contributed by atoms with E-state index in [0.29, 0.717) is 0 Å². The second kappa shape index (κ2) is 11.4.